The molecule has 12 heteroatoms. The van der Waals surface area contributed by atoms with E-state index in [0.29, 0.717) is 46.9 Å². The first-order chi connectivity index (χ1) is 17.8. The molecular weight excluding hydrogens is 499 g/mol. The van der Waals surface area contributed by atoms with Gasteiger partial charge in [-0.2, -0.15) is 15.5 Å². The van der Waals surface area contributed by atoms with Crippen molar-refractivity contribution in [3.8, 4) is 17.3 Å². The lowest BCUT2D eigenvalue weighted by Gasteiger charge is -2.18. The second-order valence-electron chi connectivity index (χ2n) is 9.17. The number of fused-ring (bicyclic) bond motifs is 1. The summed E-state index contributed by atoms with van der Waals surface area (Å²) in [5.41, 5.74) is 3.01. The number of rotatable bonds is 6. The Labute approximate surface area is 216 Å². The Balaban J connectivity index is 1.38. The Morgan fingerprint density at radius 3 is 2.95 bits per heavy atom. The summed E-state index contributed by atoms with van der Waals surface area (Å²) in [5, 5.41) is 26.8. The van der Waals surface area contributed by atoms with Gasteiger partial charge in [0, 0.05) is 35.3 Å². The third-order valence-corrected chi connectivity index (χ3v) is 6.31. The van der Waals surface area contributed by atoms with E-state index in [-0.39, 0.29) is 11.2 Å². The Bertz CT molecular complexity index is 1490. The molecule has 3 heterocycles. The molecule has 1 saturated carbocycles. The summed E-state index contributed by atoms with van der Waals surface area (Å²) >= 11 is 6.15. The van der Waals surface area contributed by atoms with E-state index in [1.807, 2.05) is 19.9 Å². The summed E-state index contributed by atoms with van der Waals surface area (Å²) in [6, 6.07) is 12.5. The third kappa shape index (κ3) is 5.20. The zero-order valence-corrected chi connectivity index (χ0v) is 20.8. The first-order valence-electron chi connectivity index (χ1n) is 11.8. The highest BCUT2D eigenvalue weighted by atomic mass is 35.5. The lowest BCUT2D eigenvalue weighted by Crippen LogP contribution is -2.36. The number of anilines is 2. The van der Waals surface area contributed by atoms with Gasteiger partial charge in [-0.1, -0.05) is 23.7 Å². The predicted octanol–water partition coefficient (Wildman–Crippen LogP) is 5.11. The van der Waals surface area contributed by atoms with E-state index >= 15 is 4.39 Å². The van der Waals surface area contributed by atoms with Crippen LogP contribution in [0.2, 0.25) is 5.15 Å². The van der Waals surface area contributed by atoms with Crippen LogP contribution < -0.4 is 10.6 Å². The molecule has 1 aromatic carbocycles. The fraction of sp³-hybridized carbons (Fsp3) is 0.320. The number of nitrogens with zero attached hydrogens (tertiary/aromatic N) is 5. The number of nitriles is 1. The van der Waals surface area contributed by atoms with Crippen molar-refractivity contribution >= 4 is 34.8 Å². The molecule has 3 N–H and O–H groups in total. The summed E-state index contributed by atoms with van der Waals surface area (Å²) in [6.07, 6.45) is -0.154. The van der Waals surface area contributed by atoms with E-state index in [0.717, 1.165) is 5.56 Å². The standard InChI is InChI=1S/C25H24ClFN8O2/c1-13(2)29-25(36)37-20-7-6-16(23(20)27)17-9-22(33-32-17)31-24-19-10-21(26)34-35(19)12-18(30-24)15-5-3-4-14(8-15)11-28/h3-5,8-10,12-13,16,20,23H,6-7H2,1-2H3,(H,29,36)(H2,30,31,32,33)/t16-,20-,23-/m1/s1. The molecule has 1 aliphatic rings. The summed E-state index contributed by atoms with van der Waals surface area (Å²) < 4.78 is 22.0. The number of nitrogens with one attached hydrogen (secondary N) is 3. The van der Waals surface area contributed by atoms with Crippen molar-refractivity contribution in [1.29, 1.82) is 5.26 Å². The molecule has 190 valence electrons. The van der Waals surface area contributed by atoms with Crippen LogP contribution in [0.15, 0.2) is 42.6 Å². The van der Waals surface area contributed by atoms with Crippen LogP contribution in [0.4, 0.5) is 20.8 Å². The highest BCUT2D eigenvalue weighted by molar-refractivity contribution is 6.29. The molecule has 1 amide bonds. The molecule has 0 aliphatic heterocycles. The minimum absolute atomic E-state index is 0.0939. The number of hydrogen-bond donors (Lipinski definition) is 3. The smallest absolute Gasteiger partial charge is 0.407 e. The van der Waals surface area contributed by atoms with Gasteiger partial charge in [-0.05, 0) is 38.8 Å². The zero-order chi connectivity index (χ0) is 26.1. The number of carbonyl (C=O) groups excluding carboxylic acids is 1. The number of alkyl carbamates (subject to hydrolysis) is 1. The maximum absolute atomic E-state index is 15.2. The molecule has 1 aliphatic carbocycles. The van der Waals surface area contributed by atoms with Gasteiger partial charge in [0.2, 0.25) is 0 Å². The molecule has 0 saturated heterocycles. The first-order valence-corrected chi connectivity index (χ1v) is 12.2. The summed E-state index contributed by atoms with van der Waals surface area (Å²) in [5.74, 6) is 0.378. The molecule has 0 bridgehead atoms. The topological polar surface area (TPSA) is 133 Å². The maximum atomic E-state index is 15.2. The fourth-order valence-corrected chi connectivity index (χ4v) is 4.62. The van der Waals surface area contributed by atoms with E-state index in [1.165, 1.54) is 0 Å². The molecule has 3 aromatic heterocycles. The minimum atomic E-state index is -1.36. The van der Waals surface area contributed by atoms with Crippen LogP contribution in [-0.2, 0) is 4.74 Å². The summed E-state index contributed by atoms with van der Waals surface area (Å²) in [4.78, 5) is 16.6. The average molecular weight is 523 g/mol. The third-order valence-electron chi connectivity index (χ3n) is 6.12. The fourth-order valence-electron chi connectivity index (χ4n) is 4.43. The molecule has 5 rings (SSSR count). The van der Waals surface area contributed by atoms with Crippen LogP contribution in [0.25, 0.3) is 16.8 Å². The van der Waals surface area contributed by atoms with Crippen LogP contribution in [-0.4, -0.2) is 49.2 Å². The van der Waals surface area contributed by atoms with Crippen molar-refractivity contribution in [2.24, 2.45) is 0 Å². The van der Waals surface area contributed by atoms with Crippen molar-refractivity contribution in [3.05, 3.63) is 59.0 Å². The van der Waals surface area contributed by atoms with Crippen LogP contribution in [0.5, 0.6) is 0 Å². The van der Waals surface area contributed by atoms with E-state index in [1.54, 1.807) is 41.0 Å². The van der Waals surface area contributed by atoms with Crippen molar-refractivity contribution < 1.29 is 13.9 Å². The quantitative estimate of drug-likeness (QED) is 0.320. The average Bonchev–Trinajstić information content (AvgIpc) is 3.57. The van der Waals surface area contributed by atoms with Gasteiger partial charge >= 0.3 is 6.09 Å². The van der Waals surface area contributed by atoms with E-state index in [4.69, 9.17) is 21.3 Å². The normalized spacial score (nSPS) is 19.2. The second-order valence-corrected chi connectivity index (χ2v) is 9.56. The molecule has 3 atom stereocenters. The van der Waals surface area contributed by atoms with Crippen LogP contribution in [0.3, 0.4) is 0 Å². The molecule has 1 fully saturated rings. The van der Waals surface area contributed by atoms with Crippen LogP contribution >= 0.6 is 11.6 Å². The monoisotopic (exact) mass is 522 g/mol. The van der Waals surface area contributed by atoms with Gasteiger partial charge in [0.05, 0.1) is 23.5 Å². The number of H-pyrrole nitrogens is 1. The van der Waals surface area contributed by atoms with Gasteiger partial charge < -0.3 is 15.4 Å². The Kier molecular flexibility index (Phi) is 6.67. The summed E-state index contributed by atoms with van der Waals surface area (Å²) in [6.45, 7) is 3.62. The van der Waals surface area contributed by atoms with Crippen LogP contribution in [0.1, 0.15) is 43.9 Å². The highest BCUT2D eigenvalue weighted by Crippen LogP contribution is 2.39. The Morgan fingerprint density at radius 1 is 1.32 bits per heavy atom. The SMILES string of the molecule is CC(C)NC(=O)O[C@@H]1CC[C@H](c2cc(Nc3nc(-c4cccc(C#N)c4)cn4nc(Cl)cc34)n[nH]2)[C@H]1F. The van der Waals surface area contributed by atoms with Gasteiger partial charge in [0.25, 0.3) is 0 Å². The Morgan fingerprint density at radius 2 is 2.16 bits per heavy atom. The number of aromatic amines is 1. The van der Waals surface area contributed by atoms with Crippen molar-refractivity contribution in [3.63, 3.8) is 0 Å². The van der Waals surface area contributed by atoms with E-state index in [9.17, 15) is 10.1 Å². The van der Waals surface area contributed by atoms with E-state index < -0.39 is 24.3 Å². The lowest BCUT2D eigenvalue weighted by atomic mass is 10.0. The number of aromatic nitrogens is 5. The van der Waals surface area contributed by atoms with Gasteiger partial charge in [-0.25, -0.2) is 18.7 Å². The van der Waals surface area contributed by atoms with Crippen LogP contribution in [0, 0.1) is 11.3 Å². The molecule has 0 radical (unpaired) electrons. The second kappa shape index (κ2) is 10.1. The first kappa shape index (κ1) is 24.5. The zero-order valence-electron chi connectivity index (χ0n) is 20.1. The highest BCUT2D eigenvalue weighted by Gasteiger charge is 2.41. The van der Waals surface area contributed by atoms with Crippen molar-refractivity contribution in [2.45, 2.75) is 50.9 Å². The van der Waals surface area contributed by atoms with E-state index in [2.05, 4.69) is 32.0 Å². The van der Waals surface area contributed by atoms with Crippen molar-refractivity contribution in [1.82, 2.24) is 30.1 Å². The lowest BCUT2D eigenvalue weighted by molar-refractivity contribution is 0.0555. The van der Waals surface area contributed by atoms with Gasteiger partial charge in [0.15, 0.2) is 16.8 Å². The molecule has 10 nitrogen and oxygen atoms in total. The molecule has 4 aromatic rings. The van der Waals surface area contributed by atoms with Gasteiger partial charge in [-0.15, -0.1) is 0 Å². The van der Waals surface area contributed by atoms with Crippen molar-refractivity contribution in [2.75, 3.05) is 5.32 Å². The number of amides is 1. The number of ether oxygens (including phenoxy) is 1. The molecular formula is C25H24ClFN8O2. The van der Waals surface area contributed by atoms with Gasteiger partial charge in [-0.3, -0.25) is 5.10 Å². The number of alkyl halides is 1. The molecule has 0 spiro atoms. The number of halogens is 2. The molecule has 0 unspecified atom stereocenters. The minimum Gasteiger partial charge on any atom is -0.443 e. The maximum Gasteiger partial charge on any atom is 0.407 e. The molecule has 37 heavy (non-hydrogen) atoms. The number of carbonyl (C=O) groups is 1. The predicted molar refractivity (Wildman–Crippen MR) is 135 cm³/mol. The Hall–Kier alpha value is -4.17. The number of benzene rings is 1. The van der Waals surface area contributed by atoms with Gasteiger partial charge in [0.1, 0.15) is 17.8 Å². The number of hydrogen-bond acceptors (Lipinski definition) is 7. The summed E-state index contributed by atoms with van der Waals surface area (Å²) in [7, 11) is 0. The largest absolute Gasteiger partial charge is 0.443 e.